The third-order valence-corrected chi connectivity index (χ3v) is 2.63. The molecule has 0 aliphatic rings. The molecule has 0 atom stereocenters. The van der Waals surface area contributed by atoms with Crippen LogP contribution >= 0.6 is 0 Å². The zero-order valence-corrected chi connectivity index (χ0v) is 11.4. The summed E-state index contributed by atoms with van der Waals surface area (Å²) in [5.74, 6) is -0.552. The number of carbonyl (C=O) groups is 2. The maximum Gasteiger partial charge on any atom is 0.337 e. The van der Waals surface area contributed by atoms with Crippen LogP contribution in [-0.4, -0.2) is 40.6 Å². The second-order valence-corrected chi connectivity index (χ2v) is 4.80. The predicted octanol–water partition coefficient (Wildman–Crippen LogP) is 2.29. The molecule has 6 nitrogen and oxygen atoms in total. The molecule has 0 saturated heterocycles. The Kier molecular flexibility index (Phi) is 5.29. The van der Waals surface area contributed by atoms with E-state index in [2.05, 4.69) is 24.1 Å². The lowest BCUT2D eigenvalue weighted by molar-refractivity contribution is 0.0696. The molecule has 0 aliphatic heterocycles. The van der Waals surface area contributed by atoms with Gasteiger partial charge in [-0.1, -0.05) is 13.8 Å². The van der Waals surface area contributed by atoms with Crippen LogP contribution in [0.15, 0.2) is 18.5 Å². The fourth-order valence-corrected chi connectivity index (χ4v) is 1.40. The van der Waals surface area contributed by atoms with Gasteiger partial charge >= 0.3 is 12.0 Å². The quantitative estimate of drug-likeness (QED) is 0.855. The zero-order chi connectivity index (χ0) is 14.4. The summed E-state index contributed by atoms with van der Waals surface area (Å²) >= 11 is 0. The normalized spacial score (nSPS) is 10.3. The minimum atomic E-state index is -1.07. The van der Waals surface area contributed by atoms with E-state index in [1.165, 1.54) is 18.5 Å². The molecule has 104 valence electrons. The van der Waals surface area contributed by atoms with Crippen molar-refractivity contribution in [2.24, 2.45) is 5.92 Å². The highest BCUT2D eigenvalue weighted by atomic mass is 16.4. The van der Waals surface area contributed by atoms with Gasteiger partial charge in [-0.25, -0.2) is 9.59 Å². The molecule has 0 bridgehead atoms. The Morgan fingerprint density at radius 1 is 1.42 bits per heavy atom. The summed E-state index contributed by atoms with van der Waals surface area (Å²) in [5.41, 5.74) is 0.420. The highest BCUT2D eigenvalue weighted by Gasteiger charge is 2.11. The molecule has 0 fully saturated rings. The highest BCUT2D eigenvalue weighted by Crippen LogP contribution is 2.09. The van der Waals surface area contributed by atoms with Crippen LogP contribution < -0.4 is 5.32 Å². The van der Waals surface area contributed by atoms with Crippen LogP contribution in [0.4, 0.5) is 10.5 Å². The molecule has 1 heterocycles. The van der Waals surface area contributed by atoms with E-state index < -0.39 is 5.97 Å². The van der Waals surface area contributed by atoms with Crippen molar-refractivity contribution in [2.75, 3.05) is 18.9 Å². The van der Waals surface area contributed by atoms with Gasteiger partial charge in [0.1, 0.15) is 0 Å². The average molecular weight is 265 g/mol. The van der Waals surface area contributed by atoms with Crippen LogP contribution in [0.5, 0.6) is 0 Å². The van der Waals surface area contributed by atoms with Gasteiger partial charge < -0.3 is 15.3 Å². The molecule has 1 aromatic heterocycles. The van der Waals surface area contributed by atoms with Crippen LogP contribution in [0.3, 0.4) is 0 Å². The molecule has 1 rings (SSSR count). The fourth-order valence-electron chi connectivity index (χ4n) is 1.40. The van der Waals surface area contributed by atoms with E-state index in [0.717, 1.165) is 6.42 Å². The number of anilines is 1. The largest absolute Gasteiger partial charge is 0.478 e. The van der Waals surface area contributed by atoms with Crippen molar-refractivity contribution in [3.63, 3.8) is 0 Å². The molecule has 0 aromatic carbocycles. The molecule has 0 unspecified atom stereocenters. The molecule has 2 N–H and O–H groups in total. The van der Waals surface area contributed by atoms with Gasteiger partial charge in [0.25, 0.3) is 0 Å². The van der Waals surface area contributed by atoms with Crippen molar-refractivity contribution in [1.82, 2.24) is 9.88 Å². The van der Waals surface area contributed by atoms with Crippen molar-refractivity contribution < 1.29 is 14.7 Å². The zero-order valence-electron chi connectivity index (χ0n) is 11.4. The fraction of sp³-hybridized carbons (Fsp3) is 0.462. The maximum atomic E-state index is 11.8. The minimum absolute atomic E-state index is 0.0441. The number of aromatic nitrogens is 1. The molecule has 0 saturated carbocycles. The Hall–Kier alpha value is -2.11. The number of nitrogens with zero attached hydrogens (tertiary/aromatic N) is 2. The van der Waals surface area contributed by atoms with Gasteiger partial charge in [0.2, 0.25) is 0 Å². The average Bonchev–Trinajstić information content (AvgIpc) is 2.36. The first kappa shape index (κ1) is 14.9. The topological polar surface area (TPSA) is 82.5 Å². The third-order valence-electron chi connectivity index (χ3n) is 2.63. The second kappa shape index (κ2) is 6.72. The monoisotopic (exact) mass is 265 g/mol. The van der Waals surface area contributed by atoms with Gasteiger partial charge in [0.05, 0.1) is 17.4 Å². The molecule has 19 heavy (non-hydrogen) atoms. The van der Waals surface area contributed by atoms with Crippen molar-refractivity contribution >= 4 is 17.7 Å². The molecule has 2 amide bonds. The number of hydrogen-bond acceptors (Lipinski definition) is 3. The lowest BCUT2D eigenvalue weighted by Crippen LogP contribution is -2.32. The van der Waals surface area contributed by atoms with Gasteiger partial charge in [-0.15, -0.1) is 0 Å². The molecule has 0 aliphatic carbocycles. The number of rotatable bonds is 5. The number of urea groups is 1. The van der Waals surface area contributed by atoms with E-state index in [1.807, 2.05) is 0 Å². The molecule has 1 aromatic rings. The first-order valence-electron chi connectivity index (χ1n) is 6.10. The number of aromatic carboxylic acids is 1. The van der Waals surface area contributed by atoms with E-state index >= 15 is 0 Å². The lowest BCUT2D eigenvalue weighted by Gasteiger charge is -2.18. The number of hydrogen-bond donors (Lipinski definition) is 2. The number of nitrogens with one attached hydrogen (secondary N) is 1. The Morgan fingerprint density at radius 2 is 2.11 bits per heavy atom. The Morgan fingerprint density at radius 3 is 2.68 bits per heavy atom. The highest BCUT2D eigenvalue weighted by molar-refractivity contribution is 5.92. The number of carbonyl (C=O) groups excluding carboxylic acids is 1. The standard InChI is InChI=1S/C13H19N3O3/c1-9(2)4-5-16(3)13(19)15-11-6-10(12(17)18)7-14-8-11/h6-9H,4-5H2,1-3H3,(H,15,19)(H,17,18). The number of amides is 2. The minimum Gasteiger partial charge on any atom is -0.478 e. The van der Waals surface area contributed by atoms with Gasteiger partial charge in [0.15, 0.2) is 0 Å². The van der Waals surface area contributed by atoms with E-state index in [4.69, 9.17) is 5.11 Å². The van der Waals surface area contributed by atoms with Gasteiger partial charge in [-0.2, -0.15) is 0 Å². The molecule has 6 heteroatoms. The first-order valence-corrected chi connectivity index (χ1v) is 6.10. The van der Waals surface area contributed by atoms with E-state index in [1.54, 1.807) is 11.9 Å². The van der Waals surface area contributed by atoms with Crippen LogP contribution in [0.25, 0.3) is 0 Å². The number of pyridine rings is 1. The Bertz CT molecular complexity index is 460. The van der Waals surface area contributed by atoms with Crippen molar-refractivity contribution in [3.8, 4) is 0 Å². The smallest absolute Gasteiger partial charge is 0.337 e. The summed E-state index contributed by atoms with van der Waals surface area (Å²) in [6.07, 6.45) is 3.57. The van der Waals surface area contributed by atoms with Crippen molar-refractivity contribution in [2.45, 2.75) is 20.3 Å². The van der Waals surface area contributed by atoms with Gasteiger partial charge in [-0.05, 0) is 18.4 Å². The van der Waals surface area contributed by atoms with Crippen LogP contribution in [0, 0.1) is 5.92 Å². The van der Waals surface area contributed by atoms with Crippen molar-refractivity contribution in [3.05, 3.63) is 24.0 Å². The molecule has 0 spiro atoms. The Balaban J connectivity index is 2.61. The van der Waals surface area contributed by atoms with Gasteiger partial charge in [0, 0.05) is 19.8 Å². The van der Waals surface area contributed by atoms with E-state index in [9.17, 15) is 9.59 Å². The summed E-state index contributed by atoms with van der Waals surface area (Å²) in [5, 5.41) is 11.5. The van der Waals surface area contributed by atoms with Crippen LogP contribution in [0.2, 0.25) is 0 Å². The first-order chi connectivity index (χ1) is 8.90. The van der Waals surface area contributed by atoms with Crippen LogP contribution in [0.1, 0.15) is 30.6 Å². The van der Waals surface area contributed by atoms with E-state index in [0.29, 0.717) is 18.2 Å². The Labute approximate surface area is 112 Å². The second-order valence-electron chi connectivity index (χ2n) is 4.80. The lowest BCUT2D eigenvalue weighted by atomic mass is 10.1. The van der Waals surface area contributed by atoms with Gasteiger partial charge in [-0.3, -0.25) is 4.98 Å². The molecule has 0 radical (unpaired) electrons. The van der Waals surface area contributed by atoms with Crippen LogP contribution in [-0.2, 0) is 0 Å². The summed E-state index contributed by atoms with van der Waals surface area (Å²) in [6, 6.07) is 1.11. The number of carboxylic acids is 1. The van der Waals surface area contributed by atoms with Crippen molar-refractivity contribution in [1.29, 1.82) is 0 Å². The SMILES string of the molecule is CC(C)CCN(C)C(=O)Nc1cncc(C(=O)O)c1. The summed E-state index contributed by atoms with van der Waals surface area (Å²) in [6.45, 7) is 4.83. The summed E-state index contributed by atoms with van der Waals surface area (Å²) < 4.78 is 0. The van der Waals surface area contributed by atoms with E-state index in [-0.39, 0.29) is 11.6 Å². The summed E-state index contributed by atoms with van der Waals surface area (Å²) in [4.78, 5) is 28.0. The third kappa shape index (κ3) is 4.95. The molecular weight excluding hydrogens is 246 g/mol. The predicted molar refractivity (Wildman–Crippen MR) is 72.3 cm³/mol. The maximum absolute atomic E-state index is 11.8. The summed E-state index contributed by atoms with van der Waals surface area (Å²) in [7, 11) is 1.70. The number of carboxylic acid groups (broad SMARTS) is 1. The molecular formula is C13H19N3O3.